The van der Waals surface area contributed by atoms with E-state index in [-0.39, 0.29) is 17.8 Å². The molecule has 1 saturated carbocycles. The number of fused-ring (bicyclic) bond motifs is 1. The summed E-state index contributed by atoms with van der Waals surface area (Å²) in [6.07, 6.45) is 4.96. The van der Waals surface area contributed by atoms with E-state index < -0.39 is 75.7 Å². The van der Waals surface area contributed by atoms with Crippen LogP contribution in [0, 0.1) is 52.6 Å². The van der Waals surface area contributed by atoms with Gasteiger partial charge in [-0.15, -0.1) is 0 Å². The normalized spacial score (nSPS) is 20.5. The molecule has 0 saturated heterocycles. The summed E-state index contributed by atoms with van der Waals surface area (Å²) in [6.45, 7) is 0. The number of esters is 1. The monoisotopic (exact) mass is 550 g/mol. The zero-order valence-electron chi connectivity index (χ0n) is 20.7. The molecule has 2 aromatic carbocycles. The Morgan fingerprint density at radius 2 is 1.45 bits per heavy atom. The maximum Gasteiger partial charge on any atom is 0.305 e. The lowest BCUT2D eigenvalue weighted by Gasteiger charge is -2.20. The topological polar surface area (TPSA) is 66.8 Å². The molecule has 0 aromatic heterocycles. The van der Waals surface area contributed by atoms with Gasteiger partial charge in [0.15, 0.2) is 40.7 Å². The highest BCUT2D eigenvalue weighted by atomic mass is 19.2. The minimum absolute atomic E-state index is 0.136. The van der Waals surface area contributed by atoms with E-state index in [1.165, 1.54) is 13.2 Å². The van der Waals surface area contributed by atoms with Gasteiger partial charge >= 0.3 is 5.97 Å². The molecule has 11 heteroatoms. The summed E-state index contributed by atoms with van der Waals surface area (Å²) in [5.74, 6) is -16.0. The molecule has 0 heterocycles. The number of benzene rings is 2. The molecule has 0 spiro atoms. The molecule has 2 aromatic rings. The fraction of sp³-hybridized carbons (Fsp3) is 0.519. The molecule has 0 unspecified atom stereocenters. The van der Waals surface area contributed by atoms with Crippen LogP contribution in [0.5, 0.6) is 0 Å². The Bertz CT molecular complexity index is 1190. The van der Waals surface area contributed by atoms with Crippen LogP contribution >= 0.6 is 0 Å². The van der Waals surface area contributed by atoms with Crippen molar-refractivity contribution in [2.75, 3.05) is 7.11 Å². The summed E-state index contributed by atoms with van der Waals surface area (Å²) < 4.78 is 103. The molecule has 1 aliphatic rings. The Morgan fingerprint density at radius 3 is 2.08 bits per heavy atom. The largest absolute Gasteiger partial charge is 0.469 e. The number of allylic oxidation sites excluding steroid dienone is 1. The van der Waals surface area contributed by atoms with Crippen molar-refractivity contribution in [2.24, 2.45) is 11.8 Å². The highest BCUT2D eigenvalue weighted by Gasteiger charge is 2.33. The first-order valence-corrected chi connectivity index (χ1v) is 12.4. The number of aliphatic hydroxyl groups is 2. The van der Waals surface area contributed by atoms with E-state index in [9.17, 15) is 45.7 Å². The van der Waals surface area contributed by atoms with Gasteiger partial charge in [-0.1, -0.05) is 31.4 Å². The fourth-order valence-corrected chi connectivity index (χ4v) is 5.14. The van der Waals surface area contributed by atoms with Crippen LogP contribution in [0.25, 0.3) is 10.8 Å². The second kappa shape index (κ2) is 12.9. The minimum Gasteiger partial charge on any atom is -0.469 e. The molecule has 0 amide bonds. The first-order chi connectivity index (χ1) is 18.0. The van der Waals surface area contributed by atoms with Gasteiger partial charge in [0.1, 0.15) is 0 Å². The summed E-state index contributed by atoms with van der Waals surface area (Å²) in [5, 5.41) is 17.9. The molecule has 0 aliphatic heterocycles. The van der Waals surface area contributed by atoms with Gasteiger partial charge in [0.25, 0.3) is 0 Å². The quantitative estimate of drug-likeness (QED) is 0.0877. The number of hydrogen-bond acceptors (Lipinski definition) is 4. The molecule has 0 bridgehead atoms. The van der Waals surface area contributed by atoms with Gasteiger partial charge in [0.2, 0.25) is 0 Å². The summed E-state index contributed by atoms with van der Waals surface area (Å²) >= 11 is 0. The Morgan fingerprint density at radius 1 is 0.868 bits per heavy atom. The Balaban J connectivity index is 1.72. The predicted octanol–water partition coefficient (Wildman–Crippen LogP) is 6.17. The van der Waals surface area contributed by atoms with Crippen molar-refractivity contribution in [3.05, 3.63) is 58.4 Å². The van der Waals surface area contributed by atoms with Crippen LogP contribution < -0.4 is 0 Å². The molecular weight excluding hydrogens is 521 g/mol. The van der Waals surface area contributed by atoms with Gasteiger partial charge in [0, 0.05) is 23.8 Å². The minimum atomic E-state index is -2.37. The van der Waals surface area contributed by atoms with Gasteiger partial charge in [-0.25, -0.2) is 30.7 Å². The summed E-state index contributed by atoms with van der Waals surface area (Å²) in [4.78, 5) is 11.2. The van der Waals surface area contributed by atoms with Crippen molar-refractivity contribution in [1.82, 2.24) is 0 Å². The van der Waals surface area contributed by atoms with E-state index >= 15 is 0 Å². The molecule has 0 radical (unpaired) electrons. The lowest BCUT2D eigenvalue weighted by Crippen LogP contribution is -2.19. The van der Waals surface area contributed by atoms with Crippen molar-refractivity contribution in [2.45, 2.75) is 70.0 Å². The predicted molar refractivity (Wildman–Crippen MR) is 124 cm³/mol. The van der Waals surface area contributed by atoms with E-state index in [0.29, 0.717) is 32.1 Å². The van der Waals surface area contributed by atoms with Gasteiger partial charge < -0.3 is 14.9 Å². The average molecular weight is 551 g/mol. The van der Waals surface area contributed by atoms with Crippen molar-refractivity contribution < 1.29 is 50.5 Å². The maximum absolute atomic E-state index is 14.5. The van der Waals surface area contributed by atoms with Crippen LogP contribution in [0.3, 0.4) is 0 Å². The number of unbranched alkanes of at least 4 members (excludes halogenated alkanes) is 3. The zero-order chi connectivity index (χ0) is 28.1. The molecular formula is C27H29F7O4. The van der Waals surface area contributed by atoms with Crippen molar-refractivity contribution in [3.63, 3.8) is 0 Å². The summed E-state index contributed by atoms with van der Waals surface area (Å²) in [7, 11) is 1.32. The van der Waals surface area contributed by atoms with E-state index in [2.05, 4.69) is 4.74 Å². The van der Waals surface area contributed by atoms with Crippen LogP contribution in [0.15, 0.2) is 12.2 Å². The number of ether oxygens (including phenoxy) is 1. The van der Waals surface area contributed by atoms with Crippen LogP contribution in [0.4, 0.5) is 30.7 Å². The second-order valence-corrected chi connectivity index (χ2v) is 9.58. The van der Waals surface area contributed by atoms with Crippen molar-refractivity contribution in [3.8, 4) is 0 Å². The first-order valence-electron chi connectivity index (χ1n) is 12.4. The number of hydrogen-bond donors (Lipinski definition) is 2. The van der Waals surface area contributed by atoms with Crippen LogP contribution in [-0.2, 0) is 16.0 Å². The maximum atomic E-state index is 14.5. The van der Waals surface area contributed by atoms with Crippen LogP contribution in [0.2, 0.25) is 0 Å². The third-order valence-corrected chi connectivity index (χ3v) is 7.17. The molecule has 1 fully saturated rings. The smallest absolute Gasteiger partial charge is 0.305 e. The molecule has 1 aliphatic carbocycles. The van der Waals surface area contributed by atoms with Crippen molar-refractivity contribution in [1.29, 1.82) is 0 Å². The lowest BCUT2D eigenvalue weighted by atomic mass is 9.88. The second-order valence-electron chi connectivity index (χ2n) is 9.58. The number of methoxy groups -OCH3 is 1. The SMILES string of the molecule is COC(=O)CCCCCC[C@H]1[C@@H](O)CC[C@@H]1/C=C/[C@@H](O)Cc1c(F)c(F)c(F)c2c(F)c(F)c(F)c(F)c12. The average Bonchev–Trinajstić information content (AvgIpc) is 3.25. The van der Waals surface area contributed by atoms with Gasteiger partial charge in [-0.2, -0.15) is 0 Å². The third-order valence-electron chi connectivity index (χ3n) is 7.17. The van der Waals surface area contributed by atoms with E-state index in [0.717, 1.165) is 19.3 Å². The van der Waals surface area contributed by atoms with E-state index in [1.54, 1.807) is 6.08 Å². The fourth-order valence-electron chi connectivity index (χ4n) is 5.14. The summed E-state index contributed by atoms with van der Waals surface area (Å²) in [6, 6.07) is 0. The molecule has 38 heavy (non-hydrogen) atoms. The summed E-state index contributed by atoms with van der Waals surface area (Å²) in [5.41, 5.74) is -1.04. The zero-order valence-corrected chi connectivity index (χ0v) is 20.7. The van der Waals surface area contributed by atoms with Crippen LogP contribution in [0.1, 0.15) is 56.9 Å². The first kappa shape index (κ1) is 29.9. The highest BCUT2D eigenvalue weighted by Crippen LogP contribution is 2.38. The van der Waals surface area contributed by atoms with Gasteiger partial charge in [0.05, 0.1) is 24.7 Å². The van der Waals surface area contributed by atoms with Crippen molar-refractivity contribution >= 4 is 16.7 Å². The Labute approximate surface area is 215 Å². The molecule has 3 rings (SSSR count). The number of carbonyl (C=O) groups excluding carboxylic acids is 1. The number of aliphatic hydroxyl groups excluding tert-OH is 2. The van der Waals surface area contributed by atoms with E-state index in [1.807, 2.05) is 0 Å². The van der Waals surface area contributed by atoms with Gasteiger partial charge in [-0.05, 0) is 37.5 Å². The van der Waals surface area contributed by atoms with E-state index in [4.69, 9.17) is 0 Å². The lowest BCUT2D eigenvalue weighted by molar-refractivity contribution is -0.140. The Kier molecular flexibility index (Phi) is 10.2. The number of rotatable bonds is 11. The standard InChI is InChI=1S/C27H29F7O4/c1-38-18(37)7-5-3-2-4-6-15-13(9-11-17(15)36)8-10-14(35)12-16-19-20(23(30)25(32)21(16)28)24(31)27(34)26(33)22(19)29/h8,10,13-15,17,35-36H,2-7,9,11-12H2,1H3/b10-8+/t13-,14+,15+,17-/m0/s1. The number of carbonyl (C=O) groups is 1. The van der Waals surface area contributed by atoms with Crippen LogP contribution in [-0.4, -0.2) is 35.5 Å². The molecule has 4 atom stereocenters. The molecule has 2 N–H and O–H groups in total. The molecule has 210 valence electrons. The number of halogens is 7. The highest BCUT2D eigenvalue weighted by molar-refractivity contribution is 5.88. The Hall–Kier alpha value is -2.66. The van der Waals surface area contributed by atoms with Gasteiger partial charge in [-0.3, -0.25) is 4.79 Å². The third kappa shape index (κ3) is 6.31. The molecule has 4 nitrogen and oxygen atoms in total.